The minimum atomic E-state index is -2.71. The number of aromatic carboxylic acids is 1. The number of aromatic nitrogens is 3. The van der Waals surface area contributed by atoms with Gasteiger partial charge in [0.15, 0.2) is 5.69 Å². The van der Waals surface area contributed by atoms with E-state index in [9.17, 15) is 13.6 Å². The molecule has 0 saturated carbocycles. The molecule has 2 aromatic rings. The van der Waals surface area contributed by atoms with Crippen LogP contribution in [0.3, 0.4) is 0 Å². The van der Waals surface area contributed by atoms with Crippen molar-refractivity contribution in [2.45, 2.75) is 6.92 Å². The largest absolute Gasteiger partial charge is 0.755 e. The van der Waals surface area contributed by atoms with Gasteiger partial charge < -0.3 is 9.66 Å². The van der Waals surface area contributed by atoms with Crippen LogP contribution in [0.1, 0.15) is 16.3 Å². The summed E-state index contributed by atoms with van der Waals surface area (Å²) < 4.78 is 23.4. The van der Waals surface area contributed by atoms with E-state index in [0.717, 1.165) is 15.6 Å². The molecule has 2 rings (SSSR count). The highest BCUT2D eigenvalue weighted by molar-refractivity contribution is 7.81. The van der Waals surface area contributed by atoms with E-state index < -0.39 is 17.2 Å². The lowest BCUT2D eigenvalue weighted by molar-refractivity contribution is 0.0692. The van der Waals surface area contributed by atoms with Gasteiger partial charge in [-0.3, -0.25) is 8.51 Å². The van der Waals surface area contributed by atoms with Crippen LogP contribution in [0.4, 0.5) is 10.7 Å². The van der Waals surface area contributed by atoms with Crippen molar-refractivity contribution in [3.8, 4) is 0 Å². The Hall–Kier alpha value is -1.91. The summed E-state index contributed by atoms with van der Waals surface area (Å²) in [5.74, 6) is -0.831. The highest BCUT2D eigenvalue weighted by atomic mass is 32.2. The SMILES string of the molecule is Cc1ncc(N(c2scnc2C(=O)O)S(=O)[O-])cn1. The van der Waals surface area contributed by atoms with Crippen LogP contribution in [0.15, 0.2) is 17.9 Å². The first-order valence-corrected chi connectivity index (χ1v) is 6.76. The molecule has 0 bridgehead atoms. The Labute approximate surface area is 114 Å². The van der Waals surface area contributed by atoms with Crippen molar-refractivity contribution in [1.82, 2.24) is 15.0 Å². The number of hydrogen-bond acceptors (Lipinski definition) is 7. The number of carboxylic acids is 1. The molecule has 0 aliphatic carbocycles. The molecule has 8 nitrogen and oxygen atoms in total. The Morgan fingerprint density at radius 2 is 2.05 bits per heavy atom. The smallest absolute Gasteiger partial charge is 0.357 e. The molecule has 0 radical (unpaired) electrons. The molecule has 19 heavy (non-hydrogen) atoms. The van der Waals surface area contributed by atoms with Crippen LogP contribution in [-0.4, -0.2) is 34.8 Å². The van der Waals surface area contributed by atoms with E-state index >= 15 is 0 Å². The zero-order chi connectivity index (χ0) is 14.0. The lowest BCUT2D eigenvalue weighted by atomic mass is 10.4. The normalized spacial score (nSPS) is 12.1. The molecular formula is C9H7N4O4S2-. The van der Waals surface area contributed by atoms with Crippen molar-refractivity contribution in [3.05, 3.63) is 29.4 Å². The maximum Gasteiger partial charge on any atom is 0.357 e. The fraction of sp³-hybridized carbons (Fsp3) is 0.111. The number of aryl methyl sites for hydroxylation is 1. The van der Waals surface area contributed by atoms with Gasteiger partial charge in [-0.15, -0.1) is 11.3 Å². The van der Waals surface area contributed by atoms with E-state index in [1.165, 1.54) is 17.9 Å². The number of carboxylic acid groups (broad SMARTS) is 1. The molecule has 2 aromatic heterocycles. The Bertz CT molecular complexity index is 627. The Balaban J connectivity index is 2.52. The van der Waals surface area contributed by atoms with Crippen molar-refractivity contribution in [1.29, 1.82) is 0 Å². The van der Waals surface area contributed by atoms with Gasteiger partial charge in [-0.1, -0.05) is 0 Å². The summed E-state index contributed by atoms with van der Waals surface area (Å²) in [7, 11) is 0. The van der Waals surface area contributed by atoms with E-state index in [1.807, 2.05) is 0 Å². The molecule has 1 unspecified atom stereocenters. The van der Waals surface area contributed by atoms with E-state index in [2.05, 4.69) is 15.0 Å². The van der Waals surface area contributed by atoms with E-state index in [0.29, 0.717) is 5.82 Å². The summed E-state index contributed by atoms with van der Waals surface area (Å²) in [5, 5.41) is 8.94. The third kappa shape index (κ3) is 2.75. The predicted molar refractivity (Wildman–Crippen MR) is 66.9 cm³/mol. The Morgan fingerprint density at radius 3 is 2.58 bits per heavy atom. The molecule has 0 aliphatic rings. The summed E-state index contributed by atoms with van der Waals surface area (Å²) in [6.45, 7) is 1.65. The monoisotopic (exact) mass is 299 g/mol. The molecule has 0 spiro atoms. The third-order valence-corrected chi connectivity index (χ3v) is 3.70. The molecule has 0 saturated heterocycles. The zero-order valence-electron chi connectivity index (χ0n) is 9.51. The van der Waals surface area contributed by atoms with Crippen LogP contribution in [0.5, 0.6) is 0 Å². The van der Waals surface area contributed by atoms with Crippen molar-refractivity contribution in [2.75, 3.05) is 4.31 Å². The quantitative estimate of drug-likeness (QED) is 0.832. The molecular weight excluding hydrogens is 292 g/mol. The summed E-state index contributed by atoms with van der Waals surface area (Å²) >= 11 is -1.81. The lowest BCUT2D eigenvalue weighted by Crippen LogP contribution is -2.21. The van der Waals surface area contributed by atoms with Gasteiger partial charge in [-0.25, -0.2) is 19.7 Å². The molecule has 1 atom stereocenters. The average molecular weight is 299 g/mol. The van der Waals surface area contributed by atoms with Crippen LogP contribution < -0.4 is 4.31 Å². The molecule has 0 fully saturated rings. The van der Waals surface area contributed by atoms with Crippen LogP contribution in [0.25, 0.3) is 0 Å². The summed E-state index contributed by atoms with van der Waals surface area (Å²) in [6, 6.07) is 0. The number of carbonyl (C=O) groups is 1. The first-order valence-electron chi connectivity index (χ1n) is 4.85. The first-order chi connectivity index (χ1) is 9.00. The summed E-state index contributed by atoms with van der Waals surface area (Å²) in [4.78, 5) is 22.4. The molecule has 2 heterocycles. The van der Waals surface area contributed by atoms with Crippen molar-refractivity contribution >= 4 is 39.3 Å². The third-order valence-electron chi connectivity index (χ3n) is 2.09. The van der Waals surface area contributed by atoms with E-state index in [-0.39, 0.29) is 16.4 Å². The second-order valence-electron chi connectivity index (χ2n) is 3.31. The Morgan fingerprint density at radius 1 is 1.42 bits per heavy atom. The van der Waals surface area contributed by atoms with Crippen LogP contribution in [0.2, 0.25) is 0 Å². The topological polar surface area (TPSA) is 119 Å². The minimum absolute atomic E-state index is 0.0201. The zero-order valence-corrected chi connectivity index (χ0v) is 11.1. The van der Waals surface area contributed by atoms with E-state index in [1.54, 1.807) is 6.92 Å². The summed E-state index contributed by atoms with van der Waals surface area (Å²) in [6.07, 6.45) is 2.59. The second-order valence-corrected chi connectivity index (χ2v) is 4.94. The van der Waals surface area contributed by atoms with Crippen molar-refractivity contribution in [2.24, 2.45) is 0 Å². The average Bonchev–Trinajstić information content (AvgIpc) is 2.80. The minimum Gasteiger partial charge on any atom is -0.755 e. The van der Waals surface area contributed by atoms with Crippen LogP contribution in [-0.2, 0) is 11.3 Å². The van der Waals surface area contributed by atoms with Crippen LogP contribution >= 0.6 is 11.3 Å². The first kappa shape index (κ1) is 13.5. The molecule has 0 aromatic carbocycles. The standard InChI is InChI=1S/C9H8N4O4S2/c1-5-10-2-6(3-11-5)13(19(16)17)8-7(9(14)15)12-4-18-8/h2-4H,1H3,(H,14,15)(H,16,17)/p-1. The van der Waals surface area contributed by atoms with Crippen LogP contribution in [0, 0.1) is 6.92 Å². The van der Waals surface area contributed by atoms with Crippen molar-refractivity contribution in [3.63, 3.8) is 0 Å². The molecule has 100 valence electrons. The van der Waals surface area contributed by atoms with Gasteiger partial charge in [0.25, 0.3) is 0 Å². The lowest BCUT2D eigenvalue weighted by Gasteiger charge is -2.24. The molecule has 0 amide bonds. The highest BCUT2D eigenvalue weighted by Crippen LogP contribution is 2.32. The Kier molecular flexibility index (Phi) is 3.83. The van der Waals surface area contributed by atoms with Gasteiger partial charge >= 0.3 is 5.97 Å². The van der Waals surface area contributed by atoms with Gasteiger partial charge in [0.2, 0.25) is 0 Å². The maximum atomic E-state index is 11.3. The number of thiazole rings is 1. The van der Waals surface area contributed by atoms with E-state index in [4.69, 9.17) is 5.11 Å². The predicted octanol–water partition coefficient (Wildman–Crippen LogP) is 0.872. The molecule has 10 heteroatoms. The van der Waals surface area contributed by atoms with Crippen molar-refractivity contribution < 1.29 is 18.7 Å². The number of nitrogens with zero attached hydrogens (tertiary/aromatic N) is 4. The highest BCUT2D eigenvalue weighted by Gasteiger charge is 2.22. The number of hydrogen-bond donors (Lipinski definition) is 1. The fourth-order valence-electron chi connectivity index (χ4n) is 1.29. The van der Waals surface area contributed by atoms with Gasteiger partial charge in [0, 0.05) is 0 Å². The second kappa shape index (κ2) is 5.38. The number of rotatable bonds is 4. The molecule has 0 aliphatic heterocycles. The maximum absolute atomic E-state index is 11.3. The number of anilines is 2. The van der Waals surface area contributed by atoms with Gasteiger partial charge in [-0.2, -0.15) is 0 Å². The molecule has 1 N–H and O–H groups in total. The van der Waals surface area contributed by atoms with Gasteiger partial charge in [0.1, 0.15) is 10.8 Å². The fourth-order valence-corrected chi connectivity index (χ4v) is 2.80. The van der Waals surface area contributed by atoms with Gasteiger partial charge in [0.05, 0.1) is 34.9 Å². The van der Waals surface area contributed by atoms with Gasteiger partial charge in [-0.05, 0) is 6.92 Å². The summed E-state index contributed by atoms with van der Waals surface area (Å²) in [5.41, 5.74) is 1.06.